The molecule has 0 aliphatic rings. The van der Waals surface area contributed by atoms with Gasteiger partial charge in [-0.3, -0.25) is 4.79 Å². The molecule has 64 valence electrons. The Labute approximate surface area is 69.6 Å². The molecule has 0 radical (unpaired) electrons. The number of phenols is 1. The third-order valence-electron chi connectivity index (χ3n) is 1.67. The van der Waals surface area contributed by atoms with Crippen LogP contribution in [0.25, 0.3) is 0 Å². The van der Waals surface area contributed by atoms with E-state index in [1.165, 1.54) is 13.0 Å². The molecule has 0 heterocycles. The second kappa shape index (κ2) is 2.93. The van der Waals surface area contributed by atoms with Gasteiger partial charge in [-0.2, -0.15) is 0 Å². The van der Waals surface area contributed by atoms with Crippen LogP contribution in [0.2, 0.25) is 0 Å². The number of phenolic OH excluding ortho intramolecular Hbond substituents is 1. The van der Waals surface area contributed by atoms with Crippen molar-refractivity contribution in [2.45, 2.75) is 13.8 Å². The van der Waals surface area contributed by atoms with E-state index in [0.29, 0.717) is 11.1 Å². The summed E-state index contributed by atoms with van der Waals surface area (Å²) in [6.45, 7) is 3.01. The molecule has 0 aliphatic heterocycles. The van der Waals surface area contributed by atoms with Crippen molar-refractivity contribution >= 4 is 5.78 Å². The Hall–Kier alpha value is -1.38. The van der Waals surface area contributed by atoms with Crippen LogP contribution in [0.4, 0.5) is 4.39 Å². The summed E-state index contributed by atoms with van der Waals surface area (Å²) in [5, 5.41) is 8.92. The fraction of sp³-hybridized carbons (Fsp3) is 0.222. The highest BCUT2D eigenvalue weighted by Crippen LogP contribution is 2.20. The maximum absolute atomic E-state index is 12.7. The molecule has 3 heteroatoms. The van der Waals surface area contributed by atoms with E-state index in [1.54, 1.807) is 6.92 Å². The first-order valence-corrected chi connectivity index (χ1v) is 3.52. The molecule has 0 saturated carbocycles. The second-order valence-corrected chi connectivity index (χ2v) is 2.67. The van der Waals surface area contributed by atoms with Gasteiger partial charge in [-0.25, -0.2) is 4.39 Å². The van der Waals surface area contributed by atoms with Crippen LogP contribution in [-0.4, -0.2) is 10.9 Å². The molecule has 0 aliphatic carbocycles. The van der Waals surface area contributed by atoms with Crippen LogP contribution in [0.15, 0.2) is 12.1 Å². The number of carbonyl (C=O) groups is 1. The molecule has 0 spiro atoms. The standard InChI is InChI=1S/C9H9FO2/c1-5-3-9(12)8(10)4-7(5)6(2)11/h3-4,12H,1-2H3. The topological polar surface area (TPSA) is 37.3 Å². The van der Waals surface area contributed by atoms with Gasteiger partial charge in [-0.05, 0) is 31.5 Å². The first kappa shape index (κ1) is 8.71. The summed E-state index contributed by atoms with van der Waals surface area (Å²) in [5.74, 6) is -1.38. The Kier molecular flexibility index (Phi) is 2.13. The van der Waals surface area contributed by atoms with Gasteiger partial charge in [0.05, 0.1) is 0 Å². The Morgan fingerprint density at radius 1 is 1.50 bits per heavy atom. The van der Waals surface area contributed by atoms with E-state index in [1.807, 2.05) is 0 Å². The maximum atomic E-state index is 12.7. The van der Waals surface area contributed by atoms with Crippen molar-refractivity contribution in [3.8, 4) is 5.75 Å². The lowest BCUT2D eigenvalue weighted by Gasteiger charge is -2.02. The molecule has 12 heavy (non-hydrogen) atoms. The van der Waals surface area contributed by atoms with Gasteiger partial charge < -0.3 is 5.11 Å². The highest BCUT2D eigenvalue weighted by Gasteiger charge is 2.08. The lowest BCUT2D eigenvalue weighted by molar-refractivity contribution is 0.101. The third-order valence-corrected chi connectivity index (χ3v) is 1.67. The number of ketones is 1. The van der Waals surface area contributed by atoms with Crippen molar-refractivity contribution in [1.29, 1.82) is 0 Å². The van der Waals surface area contributed by atoms with Gasteiger partial charge in [0.15, 0.2) is 17.3 Å². The van der Waals surface area contributed by atoms with Gasteiger partial charge in [0.2, 0.25) is 0 Å². The fourth-order valence-corrected chi connectivity index (χ4v) is 1.05. The molecule has 0 amide bonds. The van der Waals surface area contributed by atoms with E-state index >= 15 is 0 Å². The second-order valence-electron chi connectivity index (χ2n) is 2.67. The van der Waals surface area contributed by atoms with Crippen LogP contribution in [0.5, 0.6) is 5.75 Å². The van der Waals surface area contributed by atoms with Crippen molar-refractivity contribution in [2.24, 2.45) is 0 Å². The van der Waals surface area contributed by atoms with Gasteiger partial charge in [0, 0.05) is 5.56 Å². The number of hydrogen-bond acceptors (Lipinski definition) is 2. The Bertz CT molecular complexity index is 332. The van der Waals surface area contributed by atoms with Gasteiger partial charge in [-0.15, -0.1) is 0 Å². The summed E-state index contributed by atoms with van der Waals surface area (Å²) in [5.41, 5.74) is 0.895. The van der Waals surface area contributed by atoms with Crippen LogP contribution in [0, 0.1) is 12.7 Å². The number of halogens is 1. The highest BCUT2D eigenvalue weighted by molar-refractivity contribution is 5.95. The summed E-state index contributed by atoms with van der Waals surface area (Å²) in [6, 6.07) is 2.29. The molecule has 1 aromatic carbocycles. The van der Waals surface area contributed by atoms with Gasteiger partial charge in [0.1, 0.15) is 0 Å². The first-order chi connectivity index (χ1) is 5.52. The van der Waals surface area contributed by atoms with Crippen molar-refractivity contribution < 1.29 is 14.3 Å². The molecule has 0 fully saturated rings. The SMILES string of the molecule is CC(=O)c1cc(F)c(O)cc1C. The Morgan fingerprint density at radius 2 is 2.08 bits per heavy atom. The minimum atomic E-state index is -0.759. The number of benzene rings is 1. The zero-order valence-corrected chi connectivity index (χ0v) is 6.89. The van der Waals surface area contributed by atoms with E-state index in [0.717, 1.165) is 6.07 Å². The maximum Gasteiger partial charge on any atom is 0.165 e. The van der Waals surface area contributed by atoms with Crippen molar-refractivity contribution in [2.75, 3.05) is 0 Å². The Morgan fingerprint density at radius 3 is 2.58 bits per heavy atom. The number of carbonyl (C=O) groups excluding carboxylic acids is 1. The monoisotopic (exact) mass is 168 g/mol. The van der Waals surface area contributed by atoms with Gasteiger partial charge in [-0.1, -0.05) is 0 Å². The van der Waals surface area contributed by atoms with Crippen LogP contribution >= 0.6 is 0 Å². The molecule has 1 rings (SSSR count). The minimum absolute atomic E-state index is 0.202. The lowest BCUT2D eigenvalue weighted by Crippen LogP contribution is -1.96. The zero-order chi connectivity index (χ0) is 9.30. The van der Waals surface area contributed by atoms with E-state index in [9.17, 15) is 9.18 Å². The summed E-state index contributed by atoms with van der Waals surface area (Å²) in [7, 11) is 0. The average molecular weight is 168 g/mol. The summed E-state index contributed by atoms with van der Waals surface area (Å²) in [6.07, 6.45) is 0. The summed E-state index contributed by atoms with van der Waals surface area (Å²) >= 11 is 0. The molecule has 0 bridgehead atoms. The van der Waals surface area contributed by atoms with Crippen LogP contribution in [0.1, 0.15) is 22.8 Å². The lowest BCUT2D eigenvalue weighted by atomic mass is 10.1. The molecule has 1 aromatic rings. The third kappa shape index (κ3) is 1.44. The van der Waals surface area contributed by atoms with E-state index < -0.39 is 11.6 Å². The van der Waals surface area contributed by atoms with Crippen molar-refractivity contribution in [3.63, 3.8) is 0 Å². The van der Waals surface area contributed by atoms with E-state index in [2.05, 4.69) is 0 Å². The summed E-state index contributed by atoms with van der Waals surface area (Å²) < 4.78 is 12.7. The van der Waals surface area contributed by atoms with Crippen molar-refractivity contribution in [1.82, 2.24) is 0 Å². The van der Waals surface area contributed by atoms with Gasteiger partial charge in [0.25, 0.3) is 0 Å². The predicted molar refractivity (Wildman–Crippen MR) is 42.8 cm³/mol. The van der Waals surface area contributed by atoms with Crippen molar-refractivity contribution in [3.05, 3.63) is 29.1 Å². The zero-order valence-electron chi connectivity index (χ0n) is 6.89. The van der Waals surface area contributed by atoms with Gasteiger partial charge >= 0.3 is 0 Å². The molecule has 0 aromatic heterocycles. The normalized spacial score (nSPS) is 9.92. The quantitative estimate of drug-likeness (QED) is 0.651. The number of aryl methyl sites for hydroxylation is 1. The molecular weight excluding hydrogens is 159 g/mol. The molecular formula is C9H9FO2. The van der Waals surface area contributed by atoms with E-state index in [4.69, 9.17) is 5.11 Å². The molecule has 1 N–H and O–H groups in total. The summed E-state index contributed by atoms with van der Waals surface area (Å²) in [4.78, 5) is 10.9. The number of Topliss-reactive ketones (excluding diaryl/α,β-unsaturated/α-hetero) is 1. The van der Waals surface area contributed by atoms with Crippen LogP contribution in [0.3, 0.4) is 0 Å². The highest BCUT2D eigenvalue weighted by atomic mass is 19.1. The number of hydrogen-bond donors (Lipinski definition) is 1. The first-order valence-electron chi connectivity index (χ1n) is 3.52. The smallest absolute Gasteiger partial charge is 0.165 e. The fourth-order valence-electron chi connectivity index (χ4n) is 1.05. The largest absolute Gasteiger partial charge is 0.505 e. The molecule has 2 nitrogen and oxygen atoms in total. The number of aromatic hydroxyl groups is 1. The van der Waals surface area contributed by atoms with Crippen LogP contribution < -0.4 is 0 Å². The molecule has 0 unspecified atom stereocenters. The average Bonchev–Trinajstić information content (AvgIpc) is 1.96. The van der Waals surface area contributed by atoms with E-state index in [-0.39, 0.29) is 5.78 Å². The predicted octanol–water partition coefficient (Wildman–Crippen LogP) is 2.04. The molecule has 0 atom stereocenters. The Balaban J connectivity index is 3.33. The minimum Gasteiger partial charge on any atom is -0.505 e. The van der Waals surface area contributed by atoms with Crippen LogP contribution in [-0.2, 0) is 0 Å². The molecule has 0 saturated heterocycles. The number of rotatable bonds is 1.